The number of ether oxygens (including phenoxy) is 2. The van der Waals surface area contributed by atoms with Gasteiger partial charge in [-0.05, 0) is 31.0 Å². The molecule has 0 fully saturated rings. The molecule has 1 heterocycles. The highest BCUT2D eigenvalue weighted by molar-refractivity contribution is 7.92. The quantitative estimate of drug-likeness (QED) is 0.622. The van der Waals surface area contributed by atoms with Crippen LogP contribution in [-0.4, -0.2) is 77.8 Å². The van der Waals surface area contributed by atoms with Gasteiger partial charge in [0.2, 0.25) is 10.0 Å². The zero-order valence-electron chi connectivity index (χ0n) is 15.9. The van der Waals surface area contributed by atoms with Crippen LogP contribution in [-0.2, 0) is 19.5 Å². The predicted octanol–water partition coefficient (Wildman–Crippen LogP) is 1.90. The first-order chi connectivity index (χ1) is 12.9. The number of hydrogen-bond donors (Lipinski definition) is 1. The Bertz CT molecular complexity index is 693. The fourth-order valence-electron chi connectivity index (χ4n) is 3.14. The lowest BCUT2D eigenvalue weighted by atomic mass is 10.1. The molecule has 154 valence electrons. The highest BCUT2D eigenvalue weighted by atomic mass is 35.5. The van der Waals surface area contributed by atoms with Gasteiger partial charge in [0.15, 0.2) is 0 Å². The standard InChI is InChI=1S/C18H29ClN2O5S/c1-25-11-8-20(9-12-26-2)10-13-27(23,24)21-7-3-4-18(22)16-14-15(19)5-6-17(16)21/h5-6,14,18,22H,3-4,7-13H2,1-2H3. The number of benzene rings is 1. The molecule has 2 rings (SSSR count). The highest BCUT2D eigenvalue weighted by Gasteiger charge is 2.29. The summed E-state index contributed by atoms with van der Waals surface area (Å²) in [5.41, 5.74) is 1.09. The molecule has 1 aromatic rings. The first kappa shape index (κ1) is 22.4. The molecule has 1 aliphatic heterocycles. The number of methoxy groups -OCH3 is 2. The third kappa shape index (κ3) is 6.30. The lowest BCUT2D eigenvalue weighted by Crippen LogP contribution is -2.40. The molecule has 0 aliphatic carbocycles. The maximum atomic E-state index is 13.1. The van der Waals surface area contributed by atoms with Gasteiger partial charge in [0.05, 0.1) is 30.8 Å². The maximum Gasteiger partial charge on any atom is 0.236 e. The summed E-state index contributed by atoms with van der Waals surface area (Å²) < 4.78 is 37.8. The van der Waals surface area contributed by atoms with E-state index in [-0.39, 0.29) is 5.75 Å². The Labute approximate surface area is 166 Å². The molecule has 1 aliphatic rings. The van der Waals surface area contributed by atoms with Crippen LogP contribution in [0.5, 0.6) is 0 Å². The molecular formula is C18H29ClN2O5S. The maximum absolute atomic E-state index is 13.1. The normalized spacial score (nSPS) is 17.8. The summed E-state index contributed by atoms with van der Waals surface area (Å²) in [5.74, 6) is -0.0153. The summed E-state index contributed by atoms with van der Waals surface area (Å²) in [6.07, 6.45) is 0.385. The number of nitrogens with zero attached hydrogens (tertiary/aromatic N) is 2. The van der Waals surface area contributed by atoms with E-state index in [0.717, 1.165) is 0 Å². The van der Waals surface area contributed by atoms with Crippen molar-refractivity contribution in [2.75, 3.05) is 63.7 Å². The molecule has 0 saturated carbocycles. The van der Waals surface area contributed by atoms with Crippen molar-refractivity contribution in [2.24, 2.45) is 0 Å². The second-order valence-corrected chi connectivity index (χ2v) is 9.03. The van der Waals surface area contributed by atoms with Crippen LogP contribution in [0.25, 0.3) is 0 Å². The number of aliphatic hydroxyl groups is 1. The highest BCUT2D eigenvalue weighted by Crippen LogP contribution is 2.36. The number of rotatable bonds is 10. The lowest BCUT2D eigenvalue weighted by Gasteiger charge is -2.27. The van der Waals surface area contributed by atoms with Gasteiger partial charge in [-0.2, -0.15) is 0 Å². The molecule has 1 unspecified atom stereocenters. The van der Waals surface area contributed by atoms with Crippen molar-refractivity contribution in [2.45, 2.75) is 18.9 Å². The zero-order chi connectivity index (χ0) is 19.9. The first-order valence-corrected chi connectivity index (χ1v) is 11.1. The number of sulfonamides is 1. The van der Waals surface area contributed by atoms with E-state index in [2.05, 4.69) is 0 Å². The molecule has 1 aromatic carbocycles. The molecule has 1 N–H and O–H groups in total. The molecule has 1 atom stereocenters. The fourth-order valence-corrected chi connectivity index (χ4v) is 4.91. The smallest absolute Gasteiger partial charge is 0.236 e. The predicted molar refractivity (Wildman–Crippen MR) is 107 cm³/mol. The minimum absolute atomic E-state index is 0.0153. The van der Waals surface area contributed by atoms with Gasteiger partial charge >= 0.3 is 0 Å². The Morgan fingerprint density at radius 3 is 2.52 bits per heavy atom. The van der Waals surface area contributed by atoms with Gasteiger partial charge < -0.3 is 14.6 Å². The third-order valence-electron chi connectivity index (χ3n) is 4.68. The van der Waals surface area contributed by atoms with Crippen molar-refractivity contribution in [3.05, 3.63) is 28.8 Å². The second kappa shape index (κ2) is 10.6. The van der Waals surface area contributed by atoms with Crippen molar-refractivity contribution >= 4 is 27.3 Å². The summed E-state index contributed by atoms with van der Waals surface area (Å²) >= 11 is 6.05. The molecule has 0 radical (unpaired) electrons. The van der Waals surface area contributed by atoms with E-state index in [1.807, 2.05) is 4.90 Å². The Balaban J connectivity index is 2.16. The summed E-state index contributed by atoms with van der Waals surface area (Å²) in [4.78, 5) is 2.01. The van der Waals surface area contributed by atoms with E-state index in [1.54, 1.807) is 32.4 Å². The average Bonchev–Trinajstić information content (AvgIpc) is 2.80. The topological polar surface area (TPSA) is 79.3 Å². The van der Waals surface area contributed by atoms with Crippen LogP contribution in [0, 0.1) is 0 Å². The molecule has 0 aromatic heterocycles. The number of hydrogen-bond acceptors (Lipinski definition) is 6. The zero-order valence-corrected chi connectivity index (χ0v) is 17.5. The van der Waals surface area contributed by atoms with Crippen molar-refractivity contribution < 1.29 is 23.0 Å². The SMILES string of the molecule is COCCN(CCOC)CCS(=O)(=O)N1CCCC(O)c2cc(Cl)ccc21. The van der Waals surface area contributed by atoms with Gasteiger partial charge in [-0.1, -0.05) is 11.6 Å². The molecule has 0 spiro atoms. The van der Waals surface area contributed by atoms with Gasteiger partial charge in [-0.25, -0.2) is 8.42 Å². The Morgan fingerprint density at radius 1 is 1.22 bits per heavy atom. The number of aliphatic hydroxyl groups excluding tert-OH is 1. The molecular weight excluding hydrogens is 392 g/mol. The largest absolute Gasteiger partial charge is 0.388 e. The van der Waals surface area contributed by atoms with Gasteiger partial charge in [-0.3, -0.25) is 9.21 Å². The Morgan fingerprint density at radius 2 is 1.89 bits per heavy atom. The van der Waals surface area contributed by atoms with Gasteiger partial charge in [0, 0.05) is 51.0 Å². The second-order valence-electron chi connectivity index (χ2n) is 6.58. The molecule has 0 amide bonds. The van der Waals surface area contributed by atoms with Gasteiger partial charge in [0.1, 0.15) is 0 Å². The van der Waals surface area contributed by atoms with Crippen LogP contribution in [0.4, 0.5) is 5.69 Å². The summed E-state index contributed by atoms with van der Waals surface area (Å²) in [6, 6.07) is 4.99. The molecule has 9 heteroatoms. The minimum Gasteiger partial charge on any atom is -0.388 e. The van der Waals surface area contributed by atoms with Crippen molar-refractivity contribution in [1.82, 2.24) is 4.90 Å². The Hall–Kier alpha value is -0.900. The van der Waals surface area contributed by atoms with Crippen LogP contribution in [0.3, 0.4) is 0 Å². The first-order valence-electron chi connectivity index (χ1n) is 9.07. The van der Waals surface area contributed by atoms with Crippen LogP contribution < -0.4 is 4.31 Å². The van der Waals surface area contributed by atoms with E-state index in [9.17, 15) is 13.5 Å². The van der Waals surface area contributed by atoms with Crippen molar-refractivity contribution in [3.8, 4) is 0 Å². The van der Waals surface area contributed by atoms with E-state index in [1.165, 1.54) is 4.31 Å². The number of halogens is 1. The lowest BCUT2D eigenvalue weighted by molar-refractivity contribution is 0.118. The molecule has 0 bridgehead atoms. The molecule has 0 saturated heterocycles. The van der Waals surface area contributed by atoms with Crippen LogP contribution >= 0.6 is 11.6 Å². The Kier molecular flexibility index (Phi) is 8.78. The molecule has 7 nitrogen and oxygen atoms in total. The monoisotopic (exact) mass is 420 g/mol. The van der Waals surface area contributed by atoms with Crippen molar-refractivity contribution in [1.29, 1.82) is 0 Å². The van der Waals surface area contributed by atoms with Crippen LogP contribution in [0.2, 0.25) is 5.02 Å². The van der Waals surface area contributed by atoms with E-state index >= 15 is 0 Å². The average molecular weight is 421 g/mol. The van der Waals surface area contributed by atoms with Gasteiger partial charge in [-0.15, -0.1) is 0 Å². The summed E-state index contributed by atoms with van der Waals surface area (Å²) in [7, 11) is -0.304. The fraction of sp³-hybridized carbons (Fsp3) is 0.667. The minimum atomic E-state index is -3.55. The third-order valence-corrected chi connectivity index (χ3v) is 6.66. The van der Waals surface area contributed by atoms with Crippen LogP contribution in [0.15, 0.2) is 18.2 Å². The number of fused-ring (bicyclic) bond motifs is 1. The van der Waals surface area contributed by atoms with E-state index in [4.69, 9.17) is 21.1 Å². The number of anilines is 1. The summed E-state index contributed by atoms with van der Waals surface area (Å²) in [6.45, 7) is 3.07. The van der Waals surface area contributed by atoms with Crippen LogP contribution in [0.1, 0.15) is 24.5 Å². The van der Waals surface area contributed by atoms with Gasteiger partial charge in [0.25, 0.3) is 0 Å². The van der Waals surface area contributed by atoms with Crippen molar-refractivity contribution in [3.63, 3.8) is 0 Å². The summed E-state index contributed by atoms with van der Waals surface area (Å²) in [5, 5.41) is 10.8. The van der Waals surface area contributed by atoms with E-state index < -0.39 is 16.1 Å². The van der Waals surface area contributed by atoms with E-state index in [0.29, 0.717) is 68.5 Å². The molecule has 27 heavy (non-hydrogen) atoms.